The summed E-state index contributed by atoms with van der Waals surface area (Å²) < 4.78 is 5.01. The molecular formula is C46H30N2S. The third-order valence-corrected chi connectivity index (χ3v) is 10.9. The molecule has 10 aromatic rings. The Morgan fingerprint density at radius 1 is 0.408 bits per heavy atom. The molecule has 0 N–H and O–H groups in total. The monoisotopic (exact) mass is 642 g/mol. The van der Waals surface area contributed by atoms with E-state index in [9.17, 15) is 0 Å². The van der Waals surface area contributed by atoms with Crippen molar-refractivity contribution in [3.05, 3.63) is 182 Å². The molecule has 0 aliphatic rings. The molecule has 0 unspecified atom stereocenters. The van der Waals surface area contributed by atoms with Crippen LogP contribution in [0, 0.1) is 0 Å². The summed E-state index contributed by atoms with van der Waals surface area (Å²) in [5, 5.41) is 7.63. The van der Waals surface area contributed by atoms with Crippen LogP contribution in [-0.4, -0.2) is 4.57 Å². The van der Waals surface area contributed by atoms with E-state index in [0.717, 1.165) is 22.7 Å². The number of benzene rings is 8. The van der Waals surface area contributed by atoms with Crippen LogP contribution in [0.1, 0.15) is 0 Å². The summed E-state index contributed by atoms with van der Waals surface area (Å²) in [7, 11) is 0. The van der Waals surface area contributed by atoms with Crippen molar-refractivity contribution in [2.45, 2.75) is 0 Å². The fourth-order valence-corrected chi connectivity index (χ4v) is 8.62. The SMILES string of the molecule is c1ccc(-c2ccccc2N(c2ccc3sc4cc5ccccc5cc4c3c2)c2ccc3c4ccccc4n(-c4ccccc4)c3c2)cc1. The molecule has 3 heteroatoms. The van der Waals surface area contributed by atoms with Crippen molar-refractivity contribution in [2.75, 3.05) is 4.90 Å². The van der Waals surface area contributed by atoms with Gasteiger partial charge in [-0.05, 0) is 83.1 Å². The molecule has 2 heterocycles. The van der Waals surface area contributed by atoms with Crippen molar-refractivity contribution < 1.29 is 0 Å². The van der Waals surface area contributed by atoms with Crippen LogP contribution >= 0.6 is 11.3 Å². The normalized spacial score (nSPS) is 11.7. The van der Waals surface area contributed by atoms with Gasteiger partial charge in [0.1, 0.15) is 0 Å². The van der Waals surface area contributed by atoms with Gasteiger partial charge in [-0.3, -0.25) is 0 Å². The quantitative estimate of drug-likeness (QED) is 0.181. The maximum absolute atomic E-state index is 2.44. The van der Waals surface area contributed by atoms with Crippen LogP contribution < -0.4 is 4.90 Å². The highest BCUT2D eigenvalue weighted by atomic mass is 32.1. The van der Waals surface area contributed by atoms with Crippen LogP contribution in [-0.2, 0) is 0 Å². The molecular weight excluding hydrogens is 613 g/mol. The molecule has 0 saturated heterocycles. The van der Waals surface area contributed by atoms with Gasteiger partial charge in [-0.25, -0.2) is 0 Å². The molecule has 0 aliphatic heterocycles. The van der Waals surface area contributed by atoms with E-state index in [2.05, 4.69) is 191 Å². The van der Waals surface area contributed by atoms with Crippen molar-refractivity contribution in [1.29, 1.82) is 0 Å². The van der Waals surface area contributed by atoms with E-state index in [1.807, 2.05) is 11.3 Å². The number of nitrogens with zero attached hydrogens (tertiary/aromatic N) is 2. The zero-order valence-corrected chi connectivity index (χ0v) is 27.4. The van der Waals surface area contributed by atoms with Gasteiger partial charge < -0.3 is 9.47 Å². The smallest absolute Gasteiger partial charge is 0.0561 e. The van der Waals surface area contributed by atoms with Gasteiger partial charge in [0, 0.05) is 53.6 Å². The van der Waals surface area contributed by atoms with E-state index in [1.54, 1.807) is 0 Å². The van der Waals surface area contributed by atoms with E-state index >= 15 is 0 Å². The van der Waals surface area contributed by atoms with Gasteiger partial charge in [0.25, 0.3) is 0 Å². The van der Waals surface area contributed by atoms with Crippen molar-refractivity contribution in [3.63, 3.8) is 0 Å². The molecule has 2 nitrogen and oxygen atoms in total. The molecule has 0 aliphatic carbocycles. The molecule has 0 atom stereocenters. The number of thiophene rings is 1. The Labute approximate surface area is 288 Å². The molecule has 0 amide bonds. The lowest BCUT2D eigenvalue weighted by molar-refractivity contribution is 1.18. The molecule has 49 heavy (non-hydrogen) atoms. The summed E-state index contributed by atoms with van der Waals surface area (Å²) in [6.45, 7) is 0. The predicted octanol–water partition coefficient (Wildman–Crippen LogP) is 13.4. The number of fused-ring (bicyclic) bond motifs is 7. The maximum atomic E-state index is 2.44. The minimum Gasteiger partial charge on any atom is -0.310 e. The molecule has 10 rings (SSSR count). The lowest BCUT2D eigenvalue weighted by Crippen LogP contribution is -2.11. The number of anilines is 3. The highest BCUT2D eigenvalue weighted by molar-refractivity contribution is 7.25. The van der Waals surface area contributed by atoms with Gasteiger partial charge in [0.15, 0.2) is 0 Å². The Hall–Kier alpha value is -6.16. The highest BCUT2D eigenvalue weighted by Crippen LogP contribution is 2.45. The standard InChI is InChI=1S/C46H30N2S/c1-3-13-31(14-4-1)37-19-9-11-21-42(37)47(35-24-26-45-41(29-35)40-27-32-15-7-8-16-33(32)28-46(40)49-45)36-23-25-39-38-20-10-12-22-43(38)48(44(39)30-36)34-17-5-2-6-18-34/h1-30H. The van der Waals surface area contributed by atoms with Crippen molar-refractivity contribution >= 4 is 81.1 Å². The van der Waals surface area contributed by atoms with E-state index in [0.29, 0.717) is 0 Å². The van der Waals surface area contributed by atoms with Crippen LogP contribution in [0.3, 0.4) is 0 Å². The first kappa shape index (κ1) is 27.9. The Morgan fingerprint density at radius 2 is 1.04 bits per heavy atom. The number of hydrogen-bond acceptors (Lipinski definition) is 2. The van der Waals surface area contributed by atoms with Crippen molar-refractivity contribution in [2.24, 2.45) is 0 Å². The second kappa shape index (κ2) is 11.2. The average molecular weight is 643 g/mol. The molecule has 0 bridgehead atoms. The number of para-hydroxylation sites is 3. The lowest BCUT2D eigenvalue weighted by atomic mass is 10.0. The number of aromatic nitrogens is 1. The molecule has 0 saturated carbocycles. The zero-order valence-electron chi connectivity index (χ0n) is 26.6. The van der Waals surface area contributed by atoms with Crippen LogP contribution in [0.2, 0.25) is 0 Å². The molecule has 8 aromatic carbocycles. The summed E-state index contributed by atoms with van der Waals surface area (Å²) >= 11 is 1.87. The first-order valence-electron chi connectivity index (χ1n) is 16.7. The molecule has 0 fully saturated rings. The third-order valence-electron chi connectivity index (χ3n) is 9.74. The second-order valence-electron chi connectivity index (χ2n) is 12.6. The maximum Gasteiger partial charge on any atom is 0.0561 e. The average Bonchev–Trinajstić information content (AvgIpc) is 3.69. The van der Waals surface area contributed by atoms with Crippen molar-refractivity contribution in [3.8, 4) is 16.8 Å². The van der Waals surface area contributed by atoms with Gasteiger partial charge >= 0.3 is 0 Å². The van der Waals surface area contributed by atoms with E-state index < -0.39 is 0 Å². The number of rotatable bonds is 5. The predicted molar refractivity (Wildman–Crippen MR) is 211 cm³/mol. The van der Waals surface area contributed by atoms with E-state index in [1.165, 1.54) is 63.9 Å². The Kier molecular flexibility index (Phi) is 6.39. The first-order chi connectivity index (χ1) is 24.3. The first-order valence-corrected chi connectivity index (χ1v) is 17.5. The Bertz CT molecular complexity index is 2830. The van der Waals surface area contributed by atoms with Gasteiger partial charge in [-0.2, -0.15) is 0 Å². The Balaban J connectivity index is 1.26. The van der Waals surface area contributed by atoms with Gasteiger partial charge in [0.2, 0.25) is 0 Å². The summed E-state index contributed by atoms with van der Waals surface area (Å²) in [4.78, 5) is 2.44. The van der Waals surface area contributed by atoms with Gasteiger partial charge in [-0.15, -0.1) is 11.3 Å². The molecule has 0 radical (unpaired) electrons. The van der Waals surface area contributed by atoms with E-state index in [-0.39, 0.29) is 0 Å². The van der Waals surface area contributed by atoms with Gasteiger partial charge in [-0.1, -0.05) is 115 Å². The van der Waals surface area contributed by atoms with Crippen molar-refractivity contribution in [1.82, 2.24) is 4.57 Å². The lowest BCUT2D eigenvalue weighted by Gasteiger charge is -2.28. The summed E-state index contributed by atoms with van der Waals surface area (Å²) in [6, 6.07) is 66.3. The fraction of sp³-hybridized carbons (Fsp3) is 0. The molecule has 0 spiro atoms. The second-order valence-corrected chi connectivity index (χ2v) is 13.7. The van der Waals surface area contributed by atoms with Crippen LogP contribution in [0.15, 0.2) is 182 Å². The van der Waals surface area contributed by atoms with Gasteiger partial charge in [0.05, 0.1) is 16.7 Å². The highest BCUT2D eigenvalue weighted by Gasteiger charge is 2.21. The van der Waals surface area contributed by atoms with E-state index in [4.69, 9.17) is 0 Å². The van der Waals surface area contributed by atoms with Crippen LogP contribution in [0.25, 0.3) is 69.6 Å². The topological polar surface area (TPSA) is 8.17 Å². The van der Waals surface area contributed by atoms with Crippen LogP contribution in [0.4, 0.5) is 17.1 Å². The molecule has 230 valence electrons. The molecule has 2 aromatic heterocycles. The Morgan fingerprint density at radius 3 is 1.90 bits per heavy atom. The number of hydrogen-bond donors (Lipinski definition) is 0. The summed E-state index contributed by atoms with van der Waals surface area (Å²) in [5.74, 6) is 0. The third kappa shape index (κ3) is 4.55. The zero-order chi connectivity index (χ0) is 32.3. The fourth-order valence-electron chi connectivity index (χ4n) is 7.50. The minimum atomic E-state index is 1.11. The largest absolute Gasteiger partial charge is 0.310 e. The van der Waals surface area contributed by atoms with Crippen LogP contribution in [0.5, 0.6) is 0 Å². The minimum absolute atomic E-state index is 1.11. The summed E-state index contributed by atoms with van der Waals surface area (Å²) in [5.41, 5.74) is 9.30. The summed E-state index contributed by atoms with van der Waals surface area (Å²) in [6.07, 6.45) is 0.